The third kappa shape index (κ3) is 4.19. The molecule has 0 aromatic carbocycles. The average Bonchev–Trinajstić information content (AvgIpc) is 2.43. The highest BCUT2D eigenvalue weighted by Crippen LogP contribution is 2.32. The van der Waals surface area contributed by atoms with Gasteiger partial charge in [-0.1, -0.05) is 0 Å². The van der Waals surface area contributed by atoms with Crippen molar-refractivity contribution in [2.24, 2.45) is 0 Å². The number of nitrogens with zero attached hydrogens (tertiary/aromatic N) is 2. The maximum Gasteiger partial charge on any atom is 0.339 e. The molecule has 0 amide bonds. The average molecular weight is 336 g/mol. The monoisotopic (exact) mass is 336 g/mol. The summed E-state index contributed by atoms with van der Waals surface area (Å²) < 4.78 is 4.59. The summed E-state index contributed by atoms with van der Waals surface area (Å²) in [4.78, 5) is 26.4. The number of carbonyl (C=O) groups excluding carboxylic acids is 1. The van der Waals surface area contributed by atoms with Gasteiger partial charge in [0.15, 0.2) is 0 Å². The molecule has 1 aliphatic rings. The molecular formula is C16H24N4O4. The molecule has 2 N–H and O–H groups in total. The van der Waals surface area contributed by atoms with Crippen molar-refractivity contribution in [3.05, 3.63) is 27.9 Å². The van der Waals surface area contributed by atoms with Crippen LogP contribution in [0.15, 0.2) is 12.3 Å². The largest absolute Gasteiger partial charge is 0.465 e. The van der Waals surface area contributed by atoms with Crippen molar-refractivity contribution in [2.75, 3.05) is 12.4 Å². The Kier molecular flexibility index (Phi) is 4.80. The molecule has 0 radical (unpaired) electrons. The van der Waals surface area contributed by atoms with Crippen molar-refractivity contribution in [3.63, 3.8) is 0 Å². The van der Waals surface area contributed by atoms with Gasteiger partial charge in [0.05, 0.1) is 17.6 Å². The lowest BCUT2D eigenvalue weighted by Crippen LogP contribution is -2.60. The highest BCUT2D eigenvalue weighted by Gasteiger charge is 2.38. The van der Waals surface area contributed by atoms with Gasteiger partial charge in [-0.3, -0.25) is 10.1 Å². The van der Waals surface area contributed by atoms with E-state index in [0.717, 1.165) is 12.8 Å². The zero-order valence-electron chi connectivity index (χ0n) is 14.7. The second kappa shape index (κ2) is 6.35. The predicted octanol–water partition coefficient (Wildman–Crippen LogP) is 2.50. The first-order chi connectivity index (χ1) is 11.0. The molecule has 8 heteroatoms. The fraction of sp³-hybridized carbons (Fsp3) is 0.625. The van der Waals surface area contributed by atoms with Crippen LogP contribution in [0.4, 0.5) is 11.5 Å². The molecule has 24 heavy (non-hydrogen) atoms. The predicted molar refractivity (Wildman–Crippen MR) is 90.2 cm³/mol. The molecule has 0 atom stereocenters. The summed E-state index contributed by atoms with van der Waals surface area (Å²) in [5, 5.41) is 18.1. The quantitative estimate of drug-likeness (QED) is 0.494. The molecule has 132 valence electrons. The molecule has 0 spiro atoms. The minimum absolute atomic E-state index is 0.0337. The number of pyridine rings is 1. The number of nitro groups is 1. The van der Waals surface area contributed by atoms with Crippen LogP contribution in [0, 0.1) is 10.1 Å². The molecule has 1 fully saturated rings. The van der Waals surface area contributed by atoms with Gasteiger partial charge >= 0.3 is 11.7 Å². The van der Waals surface area contributed by atoms with E-state index in [1.165, 1.54) is 19.4 Å². The molecule has 1 aromatic rings. The standard InChI is InChI=1S/C16H24N4O4/c1-15(2)7-11(8-16(3,4)19-15)18-13-12(20(22)23)6-10(9-17-13)14(21)24-5/h6,9,11,19H,7-8H2,1-5H3,(H,17,18). The van der Waals surface area contributed by atoms with Gasteiger partial charge in [-0.25, -0.2) is 9.78 Å². The third-order valence-corrected chi connectivity index (χ3v) is 4.02. The summed E-state index contributed by atoms with van der Waals surface area (Å²) in [6.45, 7) is 8.41. The van der Waals surface area contributed by atoms with E-state index >= 15 is 0 Å². The molecular weight excluding hydrogens is 312 g/mol. The third-order valence-electron chi connectivity index (χ3n) is 4.02. The lowest BCUT2D eigenvalue weighted by molar-refractivity contribution is -0.384. The van der Waals surface area contributed by atoms with E-state index in [9.17, 15) is 14.9 Å². The maximum absolute atomic E-state index is 11.5. The van der Waals surface area contributed by atoms with Gasteiger partial charge in [-0.2, -0.15) is 0 Å². The molecule has 0 bridgehead atoms. The number of carbonyl (C=O) groups is 1. The smallest absolute Gasteiger partial charge is 0.339 e. The molecule has 8 nitrogen and oxygen atoms in total. The molecule has 2 heterocycles. The number of nitrogens with one attached hydrogen (secondary N) is 2. The lowest BCUT2D eigenvalue weighted by atomic mass is 9.79. The Balaban J connectivity index is 2.29. The van der Waals surface area contributed by atoms with E-state index in [4.69, 9.17) is 0 Å². The molecule has 1 aliphatic heterocycles. The minimum Gasteiger partial charge on any atom is -0.465 e. The molecule has 0 saturated carbocycles. The van der Waals surface area contributed by atoms with Gasteiger partial charge in [0.2, 0.25) is 5.82 Å². The van der Waals surface area contributed by atoms with E-state index in [1.54, 1.807) is 0 Å². The summed E-state index contributed by atoms with van der Waals surface area (Å²) in [6.07, 6.45) is 2.89. The summed E-state index contributed by atoms with van der Waals surface area (Å²) >= 11 is 0. The number of methoxy groups -OCH3 is 1. The number of anilines is 1. The number of aromatic nitrogens is 1. The first-order valence-electron chi connectivity index (χ1n) is 7.82. The van der Waals surface area contributed by atoms with Crippen LogP contribution < -0.4 is 10.6 Å². The minimum atomic E-state index is -0.652. The summed E-state index contributed by atoms with van der Waals surface area (Å²) in [5.74, 6) is -0.479. The van der Waals surface area contributed by atoms with Crippen molar-refractivity contribution in [1.82, 2.24) is 10.3 Å². The van der Waals surface area contributed by atoms with Crippen molar-refractivity contribution in [2.45, 2.75) is 57.7 Å². The topological polar surface area (TPSA) is 106 Å². The second-order valence-corrected chi connectivity index (χ2v) is 7.48. The normalized spacial score (nSPS) is 19.5. The Hall–Kier alpha value is -2.22. The van der Waals surface area contributed by atoms with Crippen LogP contribution in [0.3, 0.4) is 0 Å². The Morgan fingerprint density at radius 3 is 2.46 bits per heavy atom. The van der Waals surface area contributed by atoms with Gasteiger partial charge in [0.1, 0.15) is 0 Å². The van der Waals surface area contributed by atoms with Gasteiger partial charge in [0.25, 0.3) is 0 Å². The molecule has 1 saturated heterocycles. The SMILES string of the molecule is COC(=O)c1cnc(NC2CC(C)(C)NC(C)(C)C2)c([N+](=O)[O-])c1. The number of hydrogen-bond acceptors (Lipinski definition) is 7. The number of hydrogen-bond donors (Lipinski definition) is 2. The van der Waals surface area contributed by atoms with Crippen molar-refractivity contribution >= 4 is 17.5 Å². The number of piperidine rings is 1. The highest BCUT2D eigenvalue weighted by atomic mass is 16.6. The first-order valence-corrected chi connectivity index (χ1v) is 7.82. The van der Waals surface area contributed by atoms with Crippen LogP contribution in [0.2, 0.25) is 0 Å². The number of rotatable bonds is 4. The van der Waals surface area contributed by atoms with Crippen LogP contribution in [0.5, 0.6) is 0 Å². The van der Waals surface area contributed by atoms with Crippen molar-refractivity contribution in [1.29, 1.82) is 0 Å². The van der Waals surface area contributed by atoms with Crippen LogP contribution >= 0.6 is 0 Å². The Labute approximate surface area is 141 Å². The van der Waals surface area contributed by atoms with Gasteiger partial charge < -0.3 is 15.4 Å². The van der Waals surface area contributed by atoms with Crippen LogP contribution in [0.1, 0.15) is 50.9 Å². The van der Waals surface area contributed by atoms with Gasteiger partial charge in [0, 0.05) is 29.4 Å². The molecule has 0 unspecified atom stereocenters. The number of ether oxygens (including phenoxy) is 1. The second-order valence-electron chi connectivity index (χ2n) is 7.48. The fourth-order valence-corrected chi connectivity index (χ4v) is 3.55. The van der Waals surface area contributed by atoms with E-state index < -0.39 is 10.9 Å². The van der Waals surface area contributed by atoms with Crippen molar-refractivity contribution in [3.8, 4) is 0 Å². The summed E-state index contributed by atoms with van der Waals surface area (Å²) in [5.41, 5.74) is -0.368. The van der Waals surface area contributed by atoms with Crippen LogP contribution in [0.25, 0.3) is 0 Å². The van der Waals surface area contributed by atoms with Gasteiger partial charge in [-0.05, 0) is 40.5 Å². The highest BCUT2D eigenvalue weighted by molar-refractivity contribution is 5.90. The van der Waals surface area contributed by atoms with Gasteiger partial charge in [-0.15, -0.1) is 0 Å². The summed E-state index contributed by atoms with van der Waals surface area (Å²) in [7, 11) is 1.22. The first kappa shape index (κ1) is 18.1. The zero-order chi connectivity index (χ0) is 18.1. The molecule has 0 aliphatic carbocycles. The van der Waals surface area contributed by atoms with Crippen LogP contribution in [-0.2, 0) is 4.74 Å². The Morgan fingerprint density at radius 2 is 1.96 bits per heavy atom. The number of esters is 1. The van der Waals surface area contributed by atoms with E-state index in [0.29, 0.717) is 0 Å². The Morgan fingerprint density at radius 1 is 1.38 bits per heavy atom. The van der Waals surface area contributed by atoms with E-state index in [1.807, 2.05) is 0 Å². The van der Waals surface area contributed by atoms with Crippen molar-refractivity contribution < 1.29 is 14.5 Å². The Bertz CT molecular complexity index is 641. The summed E-state index contributed by atoms with van der Waals surface area (Å²) in [6, 6.07) is 1.23. The van der Waals surface area contributed by atoms with E-state index in [-0.39, 0.29) is 34.2 Å². The van der Waals surface area contributed by atoms with E-state index in [2.05, 4.69) is 48.0 Å². The zero-order valence-corrected chi connectivity index (χ0v) is 14.7. The fourth-order valence-electron chi connectivity index (χ4n) is 3.55. The maximum atomic E-state index is 11.5. The lowest BCUT2D eigenvalue weighted by Gasteiger charge is -2.46. The molecule has 2 rings (SSSR count). The van der Waals surface area contributed by atoms with Crippen LogP contribution in [-0.4, -0.2) is 40.1 Å². The molecule has 1 aromatic heterocycles.